The standard InChI is InChI=1S/C17H29N3O2/c1-12-7-9-20(11-13(2)10-12)17(21)18-8-5-6-16-14(3)19-22-15(16)4/h12-13H,5-11H2,1-4H3,(H,18,21). The first-order chi connectivity index (χ1) is 10.5. The van der Waals surface area contributed by atoms with Crippen LogP contribution in [0.5, 0.6) is 0 Å². The van der Waals surface area contributed by atoms with Crippen molar-refractivity contribution in [3.05, 3.63) is 17.0 Å². The largest absolute Gasteiger partial charge is 0.361 e. The Labute approximate surface area is 133 Å². The predicted octanol–water partition coefficient (Wildman–Crippen LogP) is 3.30. The van der Waals surface area contributed by atoms with E-state index in [1.54, 1.807) is 0 Å². The fourth-order valence-electron chi connectivity index (χ4n) is 3.34. The van der Waals surface area contributed by atoms with Crippen LogP contribution in [0.25, 0.3) is 0 Å². The normalized spacial score (nSPS) is 22.5. The minimum Gasteiger partial charge on any atom is -0.361 e. The Kier molecular flexibility index (Phi) is 5.86. The number of rotatable bonds is 4. The summed E-state index contributed by atoms with van der Waals surface area (Å²) in [6.07, 6.45) is 4.13. The van der Waals surface area contributed by atoms with E-state index in [9.17, 15) is 4.79 Å². The number of nitrogens with zero attached hydrogens (tertiary/aromatic N) is 2. The lowest BCUT2D eigenvalue weighted by Gasteiger charge is -2.23. The first kappa shape index (κ1) is 16.8. The first-order valence-corrected chi connectivity index (χ1v) is 8.42. The predicted molar refractivity (Wildman–Crippen MR) is 86.8 cm³/mol. The van der Waals surface area contributed by atoms with Gasteiger partial charge in [0.1, 0.15) is 5.76 Å². The molecule has 1 aromatic heterocycles. The van der Waals surface area contributed by atoms with Crippen molar-refractivity contribution in [1.82, 2.24) is 15.4 Å². The SMILES string of the molecule is Cc1noc(C)c1CCCNC(=O)N1CCC(C)CC(C)C1. The molecule has 124 valence electrons. The van der Waals surface area contributed by atoms with Gasteiger partial charge in [0.15, 0.2) is 0 Å². The minimum absolute atomic E-state index is 0.0831. The van der Waals surface area contributed by atoms with Crippen molar-refractivity contribution in [2.45, 2.75) is 53.4 Å². The van der Waals surface area contributed by atoms with E-state index in [2.05, 4.69) is 24.3 Å². The lowest BCUT2D eigenvalue weighted by atomic mass is 9.97. The van der Waals surface area contributed by atoms with Gasteiger partial charge in [-0.25, -0.2) is 4.79 Å². The van der Waals surface area contributed by atoms with Gasteiger partial charge in [-0.05, 0) is 51.4 Å². The van der Waals surface area contributed by atoms with E-state index in [1.165, 1.54) is 12.0 Å². The van der Waals surface area contributed by atoms with Crippen molar-refractivity contribution in [2.24, 2.45) is 11.8 Å². The lowest BCUT2D eigenvalue weighted by molar-refractivity contribution is 0.193. The number of nitrogens with one attached hydrogen (secondary N) is 1. The van der Waals surface area contributed by atoms with Crippen LogP contribution in [0.1, 0.15) is 50.1 Å². The maximum Gasteiger partial charge on any atom is 0.317 e. The summed E-state index contributed by atoms with van der Waals surface area (Å²) in [7, 11) is 0. The van der Waals surface area contributed by atoms with Gasteiger partial charge in [0.25, 0.3) is 0 Å². The first-order valence-electron chi connectivity index (χ1n) is 8.42. The smallest absolute Gasteiger partial charge is 0.317 e. The number of hydrogen-bond acceptors (Lipinski definition) is 3. The van der Waals surface area contributed by atoms with Crippen LogP contribution in [-0.2, 0) is 6.42 Å². The summed E-state index contributed by atoms with van der Waals surface area (Å²) in [6, 6.07) is 0.0831. The topological polar surface area (TPSA) is 58.4 Å². The molecule has 22 heavy (non-hydrogen) atoms. The van der Waals surface area contributed by atoms with Crippen molar-refractivity contribution in [3.63, 3.8) is 0 Å². The fourth-order valence-corrected chi connectivity index (χ4v) is 3.34. The van der Waals surface area contributed by atoms with Crippen LogP contribution in [0.15, 0.2) is 4.52 Å². The van der Waals surface area contributed by atoms with Crippen molar-refractivity contribution in [3.8, 4) is 0 Å². The molecule has 0 spiro atoms. The van der Waals surface area contributed by atoms with Gasteiger partial charge in [0.2, 0.25) is 0 Å². The minimum atomic E-state index is 0.0831. The Bertz CT molecular complexity index is 479. The molecule has 0 saturated carbocycles. The van der Waals surface area contributed by atoms with Crippen LogP contribution in [-0.4, -0.2) is 35.7 Å². The van der Waals surface area contributed by atoms with E-state index in [4.69, 9.17) is 4.52 Å². The molecule has 0 aliphatic carbocycles. The Morgan fingerprint density at radius 1 is 1.36 bits per heavy atom. The number of amides is 2. The summed E-state index contributed by atoms with van der Waals surface area (Å²) in [4.78, 5) is 14.3. The summed E-state index contributed by atoms with van der Waals surface area (Å²) in [5.41, 5.74) is 2.13. The molecule has 2 heterocycles. The molecule has 0 radical (unpaired) electrons. The Morgan fingerprint density at radius 3 is 2.82 bits per heavy atom. The van der Waals surface area contributed by atoms with Gasteiger partial charge in [-0.3, -0.25) is 0 Å². The van der Waals surface area contributed by atoms with Crippen LogP contribution in [0.3, 0.4) is 0 Å². The van der Waals surface area contributed by atoms with Gasteiger partial charge in [-0.2, -0.15) is 0 Å². The Balaban J connectivity index is 1.73. The van der Waals surface area contributed by atoms with Gasteiger partial charge in [-0.1, -0.05) is 19.0 Å². The average molecular weight is 307 g/mol. The number of aromatic nitrogens is 1. The number of carbonyl (C=O) groups excluding carboxylic acids is 1. The fraction of sp³-hybridized carbons (Fsp3) is 0.765. The molecule has 0 aromatic carbocycles. The van der Waals surface area contributed by atoms with E-state index in [1.807, 2.05) is 18.7 Å². The van der Waals surface area contributed by atoms with E-state index < -0.39 is 0 Å². The van der Waals surface area contributed by atoms with Gasteiger partial charge >= 0.3 is 6.03 Å². The highest BCUT2D eigenvalue weighted by Crippen LogP contribution is 2.21. The van der Waals surface area contributed by atoms with E-state index in [0.29, 0.717) is 18.4 Å². The second-order valence-corrected chi connectivity index (χ2v) is 6.82. The van der Waals surface area contributed by atoms with Gasteiger partial charge in [0, 0.05) is 25.2 Å². The zero-order chi connectivity index (χ0) is 16.1. The van der Waals surface area contributed by atoms with E-state index >= 15 is 0 Å². The third kappa shape index (κ3) is 4.49. The summed E-state index contributed by atoms with van der Waals surface area (Å²) in [5, 5.41) is 7.01. The third-order valence-corrected chi connectivity index (χ3v) is 4.58. The van der Waals surface area contributed by atoms with Crippen LogP contribution in [0.2, 0.25) is 0 Å². The van der Waals surface area contributed by atoms with Gasteiger partial charge < -0.3 is 14.7 Å². The number of hydrogen-bond donors (Lipinski definition) is 1. The maximum atomic E-state index is 12.3. The number of carbonyl (C=O) groups is 1. The molecule has 2 atom stereocenters. The molecule has 2 unspecified atom stereocenters. The van der Waals surface area contributed by atoms with Crippen LogP contribution in [0, 0.1) is 25.7 Å². The van der Waals surface area contributed by atoms with Crippen molar-refractivity contribution < 1.29 is 9.32 Å². The molecule has 1 aromatic rings. The summed E-state index contributed by atoms with van der Waals surface area (Å²) in [5.74, 6) is 2.19. The van der Waals surface area contributed by atoms with E-state index in [0.717, 1.165) is 43.8 Å². The van der Waals surface area contributed by atoms with Gasteiger partial charge in [0.05, 0.1) is 5.69 Å². The summed E-state index contributed by atoms with van der Waals surface area (Å²) < 4.78 is 5.16. The van der Waals surface area contributed by atoms with Gasteiger partial charge in [-0.15, -0.1) is 0 Å². The number of likely N-dealkylation sites (tertiary alicyclic amines) is 1. The second-order valence-electron chi connectivity index (χ2n) is 6.82. The number of aryl methyl sites for hydroxylation is 2. The molecular weight excluding hydrogens is 278 g/mol. The maximum absolute atomic E-state index is 12.3. The highest BCUT2D eigenvalue weighted by molar-refractivity contribution is 5.74. The molecule has 1 aliphatic heterocycles. The van der Waals surface area contributed by atoms with Crippen LogP contribution >= 0.6 is 0 Å². The molecular formula is C17H29N3O2. The monoisotopic (exact) mass is 307 g/mol. The average Bonchev–Trinajstić information content (AvgIpc) is 2.67. The Hall–Kier alpha value is -1.52. The quantitative estimate of drug-likeness (QED) is 0.868. The zero-order valence-electron chi connectivity index (χ0n) is 14.3. The second kappa shape index (κ2) is 7.65. The molecule has 0 bridgehead atoms. The van der Waals surface area contributed by atoms with Crippen molar-refractivity contribution in [1.29, 1.82) is 0 Å². The summed E-state index contributed by atoms with van der Waals surface area (Å²) >= 11 is 0. The lowest BCUT2D eigenvalue weighted by Crippen LogP contribution is -2.42. The molecule has 1 aliphatic rings. The van der Waals surface area contributed by atoms with E-state index in [-0.39, 0.29) is 6.03 Å². The highest BCUT2D eigenvalue weighted by atomic mass is 16.5. The molecule has 2 amide bonds. The molecule has 5 nitrogen and oxygen atoms in total. The number of urea groups is 1. The Morgan fingerprint density at radius 2 is 2.14 bits per heavy atom. The molecule has 1 saturated heterocycles. The molecule has 5 heteroatoms. The van der Waals surface area contributed by atoms with Crippen molar-refractivity contribution >= 4 is 6.03 Å². The zero-order valence-corrected chi connectivity index (χ0v) is 14.3. The molecule has 2 rings (SSSR count). The van der Waals surface area contributed by atoms with Crippen LogP contribution in [0.4, 0.5) is 4.79 Å². The highest BCUT2D eigenvalue weighted by Gasteiger charge is 2.22. The van der Waals surface area contributed by atoms with Crippen molar-refractivity contribution in [2.75, 3.05) is 19.6 Å². The van der Waals surface area contributed by atoms with Crippen LogP contribution < -0.4 is 5.32 Å². The summed E-state index contributed by atoms with van der Waals surface area (Å²) in [6.45, 7) is 10.9. The third-order valence-electron chi connectivity index (χ3n) is 4.58. The molecule has 1 fully saturated rings. The molecule has 1 N–H and O–H groups in total.